The van der Waals surface area contributed by atoms with Crippen LogP contribution in [0.15, 0.2) is 36.7 Å². The molecule has 1 amide bonds. The number of carbonyl (C=O) groups is 1. The summed E-state index contributed by atoms with van der Waals surface area (Å²) in [7, 11) is 1.73. The summed E-state index contributed by atoms with van der Waals surface area (Å²) in [6, 6.07) is 8.90. The van der Waals surface area contributed by atoms with E-state index in [1.807, 2.05) is 6.07 Å². The van der Waals surface area contributed by atoms with Crippen LogP contribution in [0.25, 0.3) is 11.2 Å². The highest BCUT2D eigenvalue weighted by atomic mass is 16.1. The van der Waals surface area contributed by atoms with E-state index in [9.17, 15) is 4.79 Å². The van der Waals surface area contributed by atoms with Crippen molar-refractivity contribution in [2.75, 3.05) is 5.32 Å². The van der Waals surface area contributed by atoms with Gasteiger partial charge in [-0.1, -0.05) is 23.4 Å². The van der Waals surface area contributed by atoms with Gasteiger partial charge in [0.2, 0.25) is 0 Å². The minimum Gasteiger partial charge on any atom is -0.305 e. The highest BCUT2D eigenvalue weighted by molar-refractivity contribution is 6.06. The minimum atomic E-state index is -0.244. The molecule has 0 fully saturated rings. The molecule has 7 nitrogen and oxygen atoms in total. The van der Waals surface area contributed by atoms with E-state index < -0.39 is 0 Å². The summed E-state index contributed by atoms with van der Waals surface area (Å²) in [5.41, 5.74) is 1.59. The van der Waals surface area contributed by atoms with Crippen molar-refractivity contribution < 1.29 is 4.79 Å². The molecule has 0 spiro atoms. The van der Waals surface area contributed by atoms with Gasteiger partial charge in [-0.05, 0) is 12.1 Å². The summed E-state index contributed by atoms with van der Waals surface area (Å²) in [6.45, 7) is 0. The van der Waals surface area contributed by atoms with E-state index >= 15 is 0 Å². The van der Waals surface area contributed by atoms with E-state index in [0.29, 0.717) is 22.5 Å². The average molecular weight is 254 g/mol. The second-order valence-corrected chi connectivity index (χ2v) is 3.93. The maximum Gasteiger partial charge on any atom is 0.256 e. The fourth-order valence-electron chi connectivity index (χ4n) is 1.71. The molecule has 1 N–H and O–H groups in total. The van der Waals surface area contributed by atoms with Gasteiger partial charge >= 0.3 is 0 Å². The van der Waals surface area contributed by atoms with Gasteiger partial charge in [-0.3, -0.25) is 4.79 Å². The van der Waals surface area contributed by atoms with Gasteiger partial charge in [0.15, 0.2) is 17.0 Å². The van der Waals surface area contributed by atoms with Crippen LogP contribution in [0, 0.1) is 0 Å². The molecule has 2 heterocycles. The van der Waals surface area contributed by atoms with Gasteiger partial charge in [-0.25, -0.2) is 14.6 Å². The molecular weight excluding hydrogens is 244 g/mol. The zero-order valence-electron chi connectivity index (χ0n) is 10.1. The summed E-state index contributed by atoms with van der Waals surface area (Å²) in [6.07, 6.45) is 1.37. The number of anilines is 1. The van der Waals surface area contributed by atoms with Gasteiger partial charge in [-0.15, -0.1) is 5.10 Å². The molecule has 3 aromatic rings. The first-order valence-electron chi connectivity index (χ1n) is 5.62. The predicted octanol–water partition coefficient (Wildman–Crippen LogP) is 1.01. The Morgan fingerprint density at radius 3 is 2.79 bits per heavy atom. The largest absolute Gasteiger partial charge is 0.305 e. The van der Waals surface area contributed by atoms with Crippen LogP contribution in [0.4, 0.5) is 5.82 Å². The Balaban J connectivity index is 1.96. The van der Waals surface area contributed by atoms with E-state index in [-0.39, 0.29) is 5.91 Å². The van der Waals surface area contributed by atoms with Crippen molar-refractivity contribution in [2.45, 2.75) is 0 Å². The number of hydrogen-bond donors (Lipinski definition) is 1. The molecule has 3 rings (SSSR count). The topological polar surface area (TPSA) is 85.6 Å². The molecule has 7 heteroatoms. The van der Waals surface area contributed by atoms with Crippen LogP contribution in [0.2, 0.25) is 0 Å². The monoisotopic (exact) mass is 254 g/mol. The molecule has 19 heavy (non-hydrogen) atoms. The number of nitrogens with zero attached hydrogens (tertiary/aromatic N) is 5. The Bertz CT molecular complexity index is 736. The third-order valence-electron chi connectivity index (χ3n) is 2.66. The molecule has 0 saturated heterocycles. The van der Waals surface area contributed by atoms with Gasteiger partial charge in [0.25, 0.3) is 5.91 Å². The number of rotatable bonds is 2. The standard InChI is InChI=1S/C12H10N6O/c1-18-11-9(16-17-18)10(13-7-14-11)15-12(19)8-5-3-2-4-6-8/h2-7H,1H3,(H,13,14,15,19). The fraction of sp³-hybridized carbons (Fsp3) is 0.0833. The molecule has 1 aromatic carbocycles. The van der Waals surface area contributed by atoms with Crippen LogP contribution in [-0.4, -0.2) is 30.9 Å². The van der Waals surface area contributed by atoms with Gasteiger partial charge < -0.3 is 5.32 Å². The lowest BCUT2D eigenvalue weighted by Crippen LogP contribution is -2.13. The Morgan fingerprint density at radius 1 is 1.21 bits per heavy atom. The number of nitrogens with one attached hydrogen (secondary N) is 1. The van der Waals surface area contributed by atoms with Crippen molar-refractivity contribution in [1.82, 2.24) is 25.0 Å². The molecule has 0 bridgehead atoms. The van der Waals surface area contributed by atoms with Crippen molar-refractivity contribution >= 4 is 22.9 Å². The SMILES string of the molecule is Cn1nnc2c(NC(=O)c3ccccc3)ncnc21. The lowest BCUT2D eigenvalue weighted by atomic mass is 10.2. The fourth-order valence-corrected chi connectivity index (χ4v) is 1.71. The summed E-state index contributed by atoms with van der Waals surface area (Å²) in [4.78, 5) is 20.1. The van der Waals surface area contributed by atoms with Gasteiger partial charge in [0, 0.05) is 12.6 Å². The van der Waals surface area contributed by atoms with Crippen LogP contribution in [0.3, 0.4) is 0 Å². The van der Waals surface area contributed by atoms with Crippen LogP contribution < -0.4 is 5.32 Å². The molecule has 0 aliphatic rings. The highest BCUT2D eigenvalue weighted by Crippen LogP contribution is 2.15. The van der Waals surface area contributed by atoms with E-state index in [2.05, 4.69) is 25.6 Å². The molecule has 0 atom stereocenters. The second kappa shape index (κ2) is 4.45. The third kappa shape index (κ3) is 2.01. The molecule has 0 radical (unpaired) electrons. The normalized spacial score (nSPS) is 10.6. The van der Waals surface area contributed by atoms with Crippen LogP contribution in [-0.2, 0) is 7.05 Å². The van der Waals surface area contributed by atoms with Gasteiger partial charge in [0.1, 0.15) is 6.33 Å². The van der Waals surface area contributed by atoms with Crippen molar-refractivity contribution in [2.24, 2.45) is 7.05 Å². The quantitative estimate of drug-likeness (QED) is 0.737. The zero-order valence-corrected chi connectivity index (χ0v) is 10.1. The number of amides is 1. The number of carbonyl (C=O) groups excluding carboxylic acids is 1. The third-order valence-corrected chi connectivity index (χ3v) is 2.66. The van der Waals surface area contributed by atoms with Crippen molar-refractivity contribution in [3.05, 3.63) is 42.2 Å². The molecule has 94 valence electrons. The maximum absolute atomic E-state index is 12.0. The summed E-state index contributed by atoms with van der Waals surface area (Å²) < 4.78 is 1.52. The summed E-state index contributed by atoms with van der Waals surface area (Å²) in [5.74, 6) is 0.109. The van der Waals surface area contributed by atoms with E-state index in [1.54, 1.807) is 31.3 Å². The molecule has 0 aliphatic heterocycles. The van der Waals surface area contributed by atoms with E-state index in [1.165, 1.54) is 11.0 Å². The average Bonchev–Trinajstić information content (AvgIpc) is 2.83. The van der Waals surface area contributed by atoms with Crippen molar-refractivity contribution in [3.63, 3.8) is 0 Å². The van der Waals surface area contributed by atoms with Crippen LogP contribution in [0.1, 0.15) is 10.4 Å². The van der Waals surface area contributed by atoms with E-state index in [4.69, 9.17) is 0 Å². The number of hydrogen-bond acceptors (Lipinski definition) is 5. The van der Waals surface area contributed by atoms with Crippen LogP contribution in [0.5, 0.6) is 0 Å². The Kier molecular flexibility index (Phi) is 2.64. The zero-order chi connectivity index (χ0) is 13.2. The minimum absolute atomic E-state index is 0.244. The first kappa shape index (κ1) is 11.3. The first-order chi connectivity index (χ1) is 9.25. The Morgan fingerprint density at radius 2 is 2.00 bits per heavy atom. The lowest BCUT2D eigenvalue weighted by molar-refractivity contribution is 0.102. The molecule has 0 saturated carbocycles. The van der Waals surface area contributed by atoms with E-state index in [0.717, 1.165) is 0 Å². The summed E-state index contributed by atoms with van der Waals surface area (Å²) >= 11 is 0. The van der Waals surface area contributed by atoms with Crippen molar-refractivity contribution in [1.29, 1.82) is 0 Å². The first-order valence-corrected chi connectivity index (χ1v) is 5.62. The number of fused-ring (bicyclic) bond motifs is 1. The smallest absolute Gasteiger partial charge is 0.256 e. The number of benzene rings is 1. The summed E-state index contributed by atoms with van der Waals surface area (Å²) in [5, 5.41) is 10.5. The van der Waals surface area contributed by atoms with Gasteiger partial charge in [-0.2, -0.15) is 0 Å². The van der Waals surface area contributed by atoms with Gasteiger partial charge in [0.05, 0.1) is 0 Å². The molecular formula is C12H10N6O. The molecule has 2 aromatic heterocycles. The molecule has 0 aliphatic carbocycles. The Labute approximate surface area is 108 Å². The lowest BCUT2D eigenvalue weighted by Gasteiger charge is -2.03. The number of aryl methyl sites for hydroxylation is 1. The predicted molar refractivity (Wildman–Crippen MR) is 68.5 cm³/mol. The second-order valence-electron chi connectivity index (χ2n) is 3.93. The Hall–Kier alpha value is -2.83. The van der Waals surface area contributed by atoms with Crippen LogP contribution >= 0.6 is 0 Å². The number of aromatic nitrogens is 5. The molecule has 0 unspecified atom stereocenters. The highest BCUT2D eigenvalue weighted by Gasteiger charge is 2.13. The van der Waals surface area contributed by atoms with Crippen molar-refractivity contribution in [3.8, 4) is 0 Å². The maximum atomic E-state index is 12.0.